The molecule has 2 aliphatic heterocycles. The number of aliphatic hydroxyl groups is 4. The molecule has 4 bridgehead atoms. The summed E-state index contributed by atoms with van der Waals surface area (Å²) in [6.45, 7) is -0.469. The van der Waals surface area contributed by atoms with Crippen molar-refractivity contribution in [3.8, 4) is 5.75 Å². The summed E-state index contributed by atoms with van der Waals surface area (Å²) in [5, 5.41) is 41.9. The highest BCUT2D eigenvalue weighted by Gasteiger charge is 2.70. The molecule has 188 valence electrons. The molecule has 6 fully saturated rings. The van der Waals surface area contributed by atoms with Crippen molar-refractivity contribution in [2.45, 2.75) is 87.2 Å². The van der Waals surface area contributed by atoms with Gasteiger partial charge in [-0.25, -0.2) is 9.78 Å². The molecule has 34 heavy (non-hydrogen) atoms. The van der Waals surface area contributed by atoms with Gasteiger partial charge < -0.3 is 29.9 Å². The van der Waals surface area contributed by atoms with E-state index in [1.807, 2.05) is 24.3 Å². The lowest BCUT2D eigenvalue weighted by atomic mass is 9.46. The molecule has 4 saturated carbocycles. The van der Waals surface area contributed by atoms with Crippen molar-refractivity contribution in [3.63, 3.8) is 0 Å². The van der Waals surface area contributed by atoms with Gasteiger partial charge in [0.05, 0.1) is 13.7 Å². The van der Waals surface area contributed by atoms with Gasteiger partial charge in [-0.15, -0.1) is 0 Å². The van der Waals surface area contributed by atoms with E-state index in [2.05, 4.69) is 0 Å². The number of hydrogen-bond acceptors (Lipinski definition) is 8. The van der Waals surface area contributed by atoms with Crippen molar-refractivity contribution in [3.05, 3.63) is 29.8 Å². The molecule has 4 N–H and O–H groups in total. The van der Waals surface area contributed by atoms with E-state index in [0.717, 1.165) is 30.6 Å². The first kappa shape index (κ1) is 23.2. The fraction of sp³-hybridized carbons (Fsp3) is 0.769. The zero-order chi connectivity index (χ0) is 23.7. The molecule has 1 aromatic rings. The number of methoxy groups -OCH3 is 1. The Morgan fingerprint density at radius 2 is 1.53 bits per heavy atom. The maximum atomic E-state index is 11.1. The van der Waals surface area contributed by atoms with Gasteiger partial charge in [-0.1, -0.05) is 12.1 Å². The second-order valence-electron chi connectivity index (χ2n) is 11.6. The molecular weight excluding hydrogens is 440 g/mol. The third kappa shape index (κ3) is 3.45. The molecule has 2 heterocycles. The Bertz CT molecular complexity index is 852. The zero-order valence-corrected chi connectivity index (χ0v) is 19.6. The monoisotopic (exact) mass is 476 g/mol. The Labute approximate surface area is 199 Å². The molecule has 7 atom stereocenters. The molecule has 6 aliphatic rings. The maximum Gasteiger partial charge on any atom is 0.166 e. The van der Waals surface area contributed by atoms with E-state index in [-0.39, 0.29) is 11.5 Å². The molecule has 0 radical (unpaired) electrons. The van der Waals surface area contributed by atoms with Gasteiger partial charge >= 0.3 is 0 Å². The summed E-state index contributed by atoms with van der Waals surface area (Å²) in [5.41, 5.74) is -0.136. The highest BCUT2D eigenvalue weighted by atomic mass is 17.3. The minimum absolute atomic E-state index is 0.0573. The smallest absolute Gasteiger partial charge is 0.166 e. The minimum atomic E-state index is -1.45. The highest BCUT2D eigenvalue weighted by Crippen LogP contribution is 2.65. The summed E-state index contributed by atoms with van der Waals surface area (Å²) in [4.78, 5) is 11.9. The SMILES string of the molecule is COc1ccc(CC2([C@@H]3O[C@H](CO)[C@H](O)[C@H](O)[C@H]3O)OOC2C23CC4CC(CC(C4)C2)C3)cc1. The van der Waals surface area contributed by atoms with Crippen LogP contribution in [0.15, 0.2) is 24.3 Å². The molecular formula is C26H36O8. The van der Waals surface area contributed by atoms with Crippen LogP contribution < -0.4 is 4.74 Å². The van der Waals surface area contributed by atoms with Crippen molar-refractivity contribution in [1.82, 2.24) is 0 Å². The zero-order valence-electron chi connectivity index (χ0n) is 19.6. The lowest BCUT2D eigenvalue weighted by Crippen LogP contribution is -2.77. The number of benzene rings is 1. The van der Waals surface area contributed by atoms with Gasteiger partial charge in [-0.3, -0.25) is 0 Å². The van der Waals surface area contributed by atoms with Crippen LogP contribution in [0.25, 0.3) is 0 Å². The molecule has 0 spiro atoms. The lowest BCUT2D eigenvalue weighted by Gasteiger charge is -2.66. The van der Waals surface area contributed by atoms with Crippen LogP contribution in [0.5, 0.6) is 5.75 Å². The first-order chi connectivity index (χ1) is 16.4. The van der Waals surface area contributed by atoms with Crippen LogP contribution in [0.3, 0.4) is 0 Å². The summed E-state index contributed by atoms with van der Waals surface area (Å²) in [7, 11) is 1.62. The average molecular weight is 477 g/mol. The van der Waals surface area contributed by atoms with Gasteiger partial charge in [-0.2, -0.15) is 0 Å². The Kier molecular flexibility index (Phi) is 5.72. The molecule has 7 rings (SSSR count). The minimum Gasteiger partial charge on any atom is -0.497 e. The summed E-state index contributed by atoms with van der Waals surface area (Å²) in [5.74, 6) is 2.84. The van der Waals surface area contributed by atoms with E-state index >= 15 is 0 Å². The van der Waals surface area contributed by atoms with Crippen LogP contribution in [0, 0.1) is 23.2 Å². The van der Waals surface area contributed by atoms with E-state index in [0.29, 0.717) is 24.2 Å². The second-order valence-corrected chi connectivity index (χ2v) is 11.6. The molecule has 0 aromatic heterocycles. The fourth-order valence-corrected chi connectivity index (χ4v) is 8.33. The van der Waals surface area contributed by atoms with E-state index in [4.69, 9.17) is 19.2 Å². The van der Waals surface area contributed by atoms with E-state index in [1.54, 1.807) is 7.11 Å². The molecule has 1 aromatic carbocycles. The third-order valence-electron chi connectivity index (χ3n) is 9.40. The van der Waals surface area contributed by atoms with Gasteiger partial charge in [0.15, 0.2) is 5.60 Å². The van der Waals surface area contributed by atoms with Gasteiger partial charge in [0, 0.05) is 11.8 Å². The van der Waals surface area contributed by atoms with Crippen molar-refractivity contribution >= 4 is 0 Å². The van der Waals surface area contributed by atoms with Crippen LogP contribution in [-0.2, 0) is 20.9 Å². The summed E-state index contributed by atoms with van der Waals surface area (Å²) >= 11 is 0. The highest BCUT2D eigenvalue weighted by molar-refractivity contribution is 5.30. The van der Waals surface area contributed by atoms with Gasteiger partial charge in [0.2, 0.25) is 0 Å². The predicted molar refractivity (Wildman–Crippen MR) is 120 cm³/mol. The molecule has 4 aliphatic carbocycles. The quantitative estimate of drug-likeness (QED) is 0.455. The Morgan fingerprint density at radius 3 is 2.03 bits per heavy atom. The van der Waals surface area contributed by atoms with Crippen LogP contribution >= 0.6 is 0 Å². The largest absolute Gasteiger partial charge is 0.497 e. The summed E-state index contributed by atoms with van der Waals surface area (Å²) < 4.78 is 11.4. The van der Waals surface area contributed by atoms with Crippen molar-refractivity contribution in [1.29, 1.82) is 0 Å². The number of hydrogen-bond donors (Lipinski definition) is 4. The van der Waals surface area contributed by atoms with Crippen molar-refractivity contribution in [2.75, 3.05) is 13.7 Å². The topological polar surface area (TPSA) is 118 Å². The van der Waals surface area contributed by atoms with Crippen molar-refractivity contribution < 1.29 is 39.7 Å². The van der Waals surface area contributed by atoms with Crippen molar-refractivity contribution in [2.24, 2.45) is 23.2 Å². The molecule has 2 unspecified atom stereocenters. The Balaban J connectivity index is 1.38. The second kappa shape index (κ2) is 8.40. The number of ether oxygens (including phenoxy) is 2. The first-order valence-electron chi connectivity index (χ1n) is 12.7. The van der Waals surface area contributed by atoms with Gasteiger partial charge in [0.1, 0.15) is 42.4 Å². The van der Waals surface area contributed by atoms with E-state index in [9.17, 15) is 20.4 Å². The fourth-order valence-electron chi connectivity index (χ4n) is 8.33. The van der Waals surface area contributed by atoms with E-state index < -0.39 is 42.7 Å². The van der Waals surface area contributed by atoms with Crippen LogP contribution in [0.4, 0.5) is 0 Å². The van der Waals surface area contributed by atoms with E-state index in [1.165, 1.54) is 19.3 Å². The number of aliphatic hydroxyl groups excluding tert-OH is 4. The number of rotatable bonds is 6. The lowest BCUT2D eigenvalue weighted by molar-refractivity contribution is -0.555. The predicted octanol–water partition coefficient (Wildman–Crippen LogP) is 1.37. The van der Waals surface area contributed by atoms with Gasteiger partial charge in [-0.05, 0) is 74.0 Å². The van der Waals surface area contributed by atoms with Crippen LogP contribution in [0.1, 0.15) is 44.1 Å². The van der Waals surface area contributed by atoms with Crippen LogP contribution in [0.2, 0.25) is 0 Å². The van der Waals surface area contributed by atoms with Gasteiger partial charge in [0.25, 0.3) is 0 Å². The average Bonchev–Trinajstić information content (AvgIpc) is 2.80. The Morgan fingerprint density at radius 1 is 0.912 bits per heavy atom. The summed E-state index contributed by atoms with van der Waals surface area (Å²) in [6.07, 6.45) is 1.01. The standard InChI is InChI=1S/C26H36O8/c1-31-18-4-2-14(3-5-18)12-26(23-22(30)21(29)20(28)19(13-27)32-23)24(33-34-26)25-9-15-6-16(10-25)8-17(7-15)11-25/h2-5,15-17,19-24,27-30H,6-13H2,1H3/t15?,16?,17?,19-,20+,21+,22-,23-,24?,25?,26?/m1/s1. The molecule has 2 saturated heterocycles. The first-order valence-corrected chi connectivity index (χ1v) is 12.7. The molecule has 0 amide bonds. The molecule has 8 nitrogen and oxygen atoms in total. The normalized spacial score (nSPS) is 49.6. The summed E-state index contributed by atoms with van der Waals surface area (Å²) in [6, 6.07) is 7.69. The Hall–Kier alpha value is -1.26. The maximum absolute atomic E-state index is 11.1. The third-order valence-corrected chi connectivity index (χ3v) is 9.40. The van der Waals surface area contributed by atoms with Crippen LogP contribution in [-0.4, -0.2) is 76.4 Å². The molecule has 8 heteroatoms.